The highest BCUT2D eigenvalue weighted by Crippen LogP contribution is 2.10. The lowest BCUT2D eigenvalue weighted by atomic mass is 10.0. The van der Waals surface area contributed by atoms with Crippen LogP contribution in [0.25, 0.3) is 0 Å². The van der Waals surface area contributed by atoms with Gasteiger partial charge in [-0.1, -0.05) is 6.92 Å². The molecule has 1 heterocycles. The number of hydrogen-bond acceptors (Lipinski definition) is 4. The fourth-order valence-electron chi connectivity index (χ4n) is 1.79. The highest BCUT2D eigenvalue weighted by atomic mass is 16.2. The average molecular weight is 250 g/mol. The van der Waals surface area contributed by atoms with Crippen LogP contribution in [0.5, 0.6) is 0 Å². The van der Waals surface area contributed by atoms with Gasteiger partial charge in [-0.3, -0.25) is 15.2 Å². The fraction of sp³-hybridized carbons (Fsp3) is 0.538. The summed E-state index contributed by atoms with van der Waals surface area (Å²) < 4.78 is 0. The summed E-state index contributed by atoms with van der Waals surface area (Å²) in [5.74, 6) is 4.90. The molecular formula is C13H22N4O. The Balaban J connectivity index is 2.45. The summed E-state index contributed by atoms with van der Waals surface area (Å²) in [4.78, 5) is 17.6. The van der Waals surface area contributed by atoms with Crippen molar-refractivity contribution < 1.29 is 4.79 Å². The van der Waals surface area contributed by atoms with Crippen LogP contribution in [0.3, 0.4) is 0 Å². The van der Waals surface area contributed by atoms with E-state index < -0.39 is 0 Å². The number of carbonyl (C=O) groups excluding carboxylic acids is 1. The molecule has 0 saturated carbocycles. The van der Waals surface area contributed by atoms with Gasteiger partial charge in [0.05, 0.1) is 5.92 Å². The molecule has 0 bridgehead atoms. The normalized spacial score (nSPS) is 14.3. The van der Waals surface area contributed by atoms with Crippen LogP contribution in [0.15, 0.2) is 24.5 Å². The van der Waals surface area contributed by atoms with Gasteiger partial charge < -0.3 is 4.90 Å². The van der Waals surface area contributed by atoms with Crippen LogP contribution >= 0.6 is 0 Å². The number of pyridine rings is 1. The second-order valence-electron chi connectivity index (χ2n) is 4.62. The first-order chi connectivity index (χ1) is 8.56. The predicted molar refractivity (Wildman–Crippen MR) is 71.5 cm³/mol. The van der Waals surface area contributed by atoms with E-state index in [1.54, 1.807) is 12.4 Å². The molecule has 0 fully saturated rings. The number of aromatic nitrogens is 1. The highest BCUT2D eigenvalue weighted by Gasteiger charge is 2.22. The maximum Gasteiger partial charge on any atom is 0.238 e. The topological polar surface area (TPSA) is 71.2 Å². The van der Waals surface area contributed by atoms with E-state index in [4.69, 9.17) is 5.84 Å². The lowest BCUT2D eigenvalue weighted by Crippen LogP contribution is -2.45. The zero-order valence-corrected chi connectivity index (χ0v) is 11.3. The Labute approximate surface area is 108 Å². The van der Waals surface area contributed by atoms with Crippen molar-refractivity contribution in [1.82, 2.24) is 15.3 Å². The maximum absolute atomic E-state index is 11.5. The van der Waals surface area contributed by atoms with Crippen molar-refractivity contribution in [2.24, 2.45) is 11.8 Å². The van der Waals surface area contributed by atoms with Gasteiger partial charge in [0.2, 0.25) is 5.91 Å². The standard InChI is InChI=1S/C13H22N4O/c1-10(13(18)16-14)11(2)17(3)9-6-12-4-7-15-8-5-12/h4-5,7-8,10-11H,6,9,14H2,1-3H3,(H,16,18). The molecule has 0 spiro atoms. The minimum Gasteiger partial charge on any atom is -0.303 e. The number of hydrazine groups is 1. The first-order valence-corrected chi connectivity index (χ1v) is 6.16. The van der Waals surface area contributed by atoms with Gasteiger partial charge in [-0.05, 0) is 38.1 Å². The summed E-state index contributed by atoms with van der Waals surface area (Å²) in [6.07, 6.45) is 4.53. The van der Waals surface area contributed by atoms with Gasteiger partial charge in [0.25, 0.3) is 0 Å². The second-order valence-corrected chi connectivity index (χ2v) is 4.62. The molecule has 1 rings (SSSR count). The van der Waals surface area contributed by atoms with E-state index in [0.29, 0.717) is 0 Å². The number of rotatable bonds is 6. The Bertz CT molecular complexity index is 369. The molecule has 2 atom stereocenters. The van der Waals surface area contributed by atoms with Crippen LogP contribution in [0.1, 0.15) is 19.4 Å². The number of likely N-dealkylation sites (N-methyl/N-ethyl adjacent to an activating group) is 1. The van der Waals surface area contributed by atoms with Crippen LogP contribution in [0.2, 0.25) is 0 Å². The summed E-state index contributed by atoms with van der Waals surface area (Å²) in [7, 11) is 2.02. The van der Waals surface area contributed by atoms with E-state index in [0.717, 1.165) is 13.0 Å². The van der Waals surface area contributed by atoms with Crippen molar-refractivity contribution in [3.63, 3.8) is 0 Å². The smallest absolute Gasteiger partial charge is 0.238 e. The molecule has 0 aliphatic carbocycles. The predicted octanol–water partition coefficient (Wildman–Crippen LogP) is 0.570. The zero-order chi connectivity index (χ0) is 13.5. The SMILES string of the molecule is CC(C(=O)NN)C(C)N(C)CCc1ccncc1. The van der Waals surface area contributed by atoms with Crippen molar-refractivity contribution in [2.45, 2.75) is 26.3 Å². The molecule has 1 aromatic rings. The molecule has 1 amide bonds. The van der Waals surface area contributed by atoms with Crippen molar-refractivity contribution in [3.8, 4) is 0 Å². The van der Waals surface area contributed by atoms with Crippen molar-refractivity contribution in [2.75, 3.05) is 13.6 Å². The van der Waals surface area contributed by atoms with E-state index in [2.05, 4.69) is 15.3 Å². The second kappa shape index (κ2) is 7.08. The zero-order valence-electron chi connectivity index (χ0n) is 11.3. The van der Waals surface area contributed by atoms with Gasteiger partial charge in [0.1, 0.15) is 0 Å². The molecule has 1 aromatic heterocycles. The number of amides is 1. The summed E-state index contributed by atoms with van der Waals surface area (Å²) in [6.45, 7) is 4.82. The first-order valence-electron chi connectivity index (χ1n) is 6.16. The number of hydrogen-bond donors (Lipinski definition) is 2. The van der Waals surface area contributed by atoms with E-state index in [1.165, 1.54) is 5.56 Å². The van der Waals surface area contributed by atoms with Crippen LogP contribution in [0.4, 0.5) is 0 Å². The minimum absolute atomic E-state index is 0.127. The molecule has 0 radical (unpaired) electrons. The summed E-state index contributed by atoms with van der Waals surface area (Å²) in [5.41, 5.74) is 3.45. The molecule has 100 valence electrons. The molecule has 2 unspecified atom stereocenters. The third-order valence-corrected chi connectivity index (χ3v) is 3.48. The molecule has 0 aliphatic heterocycles. The van der Waals surface area contributed by atoms with Gasteiger partial charge in [0.15, 0.2) is 0 Å². The van der Waals surface area contributed by atoms with Crippen LogP contribution in [0, 0.1) is 5.92 Å². The number of nitrogens with two attached hydrogens (primary N) is 1. The monoisotopic (exact) mass is 250 g/mol. The van der Waals surface area contributed by atoms with Gasteiger partial charge in [-0.2, -0.15) is 0 Å². The molecule has 0 aromatic carbocycles. The van der Waals surface area contributed by atoms with E-state index in [-0.39, 0.29) is 17.9 Å². The molecule has 0 saturated heterocycles. The third kappa shape index (κ3) is 4.09. The number of nitrogens with zero attached hydrogens (tertiary/aromatic N) is 2. The largest absolute Gasteiger partial charge is 0.303 e. The summed E-state index contributed by atoms with van der Waals surface area (Å²) in [5, 5.41) is 0. The number of nitrogens with one attached hydrogen (secondary N) is 1. The molecule has 18 heavy (non-hydrogen) atoms. The van der Waals surface area contributed by atoms with E-state index >= 15 is 0 Å². The van der Waals surface area contributed by atoms with Crippen molar-refractivity contribution in [1.29, 1.82) is 0 Å². The van der Waals surface area contributed by atoms with Crippen molar-refractivity contribution in [3.05, 3.63) is 30.1 Å². The Kier molecular flexibility index (Phi) is 5.74. The third-order valence-electron chi connectivity index (χ3n) is 3.48. The Morgan fingerprint density at radius 2 is 2.06 bits per heavy atom. The minimum atomic E-state index is -0.127. The van der Waals surface area contributed by atoms with Gasteiger partial charge in [-0.25, -0.2) is 5.84 Å². The molecular weight excluding hydrogens is 228 g/mol. The van der Waals surface area contributed by atoms with Gasteiger partial charge in [-0.15, -0.1) is 0 Å². The Morgan fingerprint density at radius 3 is 2.61 bits per heavy atom. The average Bonchev–Trinajstić information content (AvgIpc) is 2.43. The molecule has 3 N–H and O–H groups in total. The lowest BCUT2D eigenvalue weighted by Gasteiger charge is -2.28. The van der Waals surface area contributed by atoms with E-state index in [9.17, 15) is 4.79 Å². The van der Waals surface area contributed by atoms with Crippen LogP contribution in [-0.4, -0.2) is 35.4 Å². The lowest BCUT2D eigenvalue weighted by molar-refractivity contribution is -0.126. The maximum atomic E-state index is 11.5. The van der Waals surface area contributed by atoms with E-state index in [1.807, 2.05) is 33.0 Å². The summed E-state index contributed by atoms with van der Waals surface area (Å²) in [6, 6.07) is 4.17. The Hall–Kier alpha value is -1.46. The first kappa shape index (κ1) is 14.6. The van der Waals surface area contributed by atoms with Crippen LogP contribution < -0.4 is 11.3 Å². The van der Waals surface area contributed by atoms with Gasteiger partial charge >= 0.3 is 0 Å². The van der Waals surface area contributed by atoms with Crippen molar-refractivity contribution >= 4 is 5.91 Å². The highest BCUT2D eigenvalue weighted by molar-refractivity contribution is 5.78. The fourth-order valence-corrected chi connectivity index (χ4v) is 1.79. The van der Waals surface area contributed by atoms with Crippen LogP contribution in [-0.2, 0) is 11.2 Å². The van der Waals surface area contributed by atoms with Gasteiger partial charge in [0, 0.05) is 25.0 Å². The number of carbonyl (C=O) groups is 1. The molecule has 5 heteroatoms. The molecule has 5 nitrogen and oxygen atoms in total. The summed E-state index contributed by atoms with van der Waals surface area (Å²) >= 11 is 0. The molecule has 0 aliphatic rings. The Morgan fingerprint density at radius 1 is 1.44 bits per heavy atom. The quantitative estimate of drug-likeness (QED) is 0.440.